The second kappa shape index (κ2) is 36.5. The summed E-state index contributed by atoms with van der Waals surface area (Å²) in [7, 11) is -2.03. The van der Waals surface area contributed by atoms with Crippen molar-refractivity contribution in [3.05, 3.63) is 190 Å². The van der Waals surface area contributed by atoms with Crippen molar-refractivity contribution >= 4 is 56.7 Å². The fourth-order valence-electron chi connectivity index (χ4n) is 17.3. The fourth-order valence-corrected chi connectivity index (χ4v) is 18.2. The smallest absolute Gasteiger partial charge is 0.490 e. The second-order valence-electron chi connectivity index (χ2n) is 36.6. The van der Waals surface area contributed by atoms with E-state index in [9.17, 15) is 36.0 Å². The third-order valence-corrected chi connectivity index (χ3v) is 25.9. The number of carbonyl (C=O) groups is 4. The summed E-state index contributed by atoms with van der Waals surface area (Å²) >= 11 is 0. The quantitative estimate of drug-likeness (QED) is 0.0281. The first-order valence-corrected chi connectivity index (χ1v) is 45.1. The maximum atomic E-state index is 12.1. The summed E-state index contributed by atoms with van der Waals surface area (Å²) in [5, 5.41) is 0. The lowest BCUT2D eigenvalue weighted by atomic mass is 9.75. The molecule has 0 radical (unpaired) electrons. The van der Waals surface area contributed by atoms with Crippen LogP contribution in [0, 0.1) is 21.7 Å². The van der Waals surface area contributed by atoms with Crippen molar-refractivity contribution < 1.29 is 86.8 Å². The topological polar surface area (TPSA) is 238 Å². The largest absolute Gasteiger partial charge is 0.494 e. The average Bonchev–Trinajstić information content (AvgIpc) is 1.77. The molecular weight excluding hydrogens is 1520 g/mol. The van der Waals surface area contributed by atoms with Crippen LogP contribution in [0.25, 0.3) is 22.3 Å². The van der Waals surface area contributed by atoms with Crippen LogP contribution in [0.5, 0.6) is 28.7 Å². The minimum Gasteiger partial charge on any atom is -0.490 e. The number of hydrogen-bond acceptors (Lipinski definition) is 19. The molecule has 7 aromatic rings. The summed E-state index contributed by atoms with van der Waals surface area (Å²) in [6.07, 6.45) is 23.5. The predicted octanol–water partition coefficient (Wildman–Crippen LogP) is 20.7. The van der Waals surface area contributed by atoms with E-state index in [1.165, 1.54) is 113 Å². The Bertz CT molecular complexity index is 4670. The molecule has 0 unspecified atom stereocenters. The zero-order valence-corrected chi connectivity index (χ0v) is 73.4. The van der Waals surface area contributed by atoms with Crippen molar-refractivity contribution in [2.24, 2.45) is 21.7 Å². The van der Waals surface area contributed by atoms with Gasteiger partial charge in [0.2, 0.25) is 0 Å². The highest BCUT2D eigenvalue weighted by molar-refractivity contribution is 7.86. The number of methoxy groups -OCH3 is 4. The fraction of sp³-hybridized carbons (Fsp3) is 0.516. The number of benzene rings is 7. The maximum Gasteiger partial charge on any atom is 0.494 e. The highest BCUT2D eigenvalue weighted by Crippen LogP contribution is 2.56. The molecule has 0 N–H and O–H groups in total. The third-order valence-electron chi connectivity index (χ3n) is 25.0. The van der Waals surface area contributed by atoms with Gasteiger partial charge in [-0.3, -0.25) is 0 Å². The lowest BCUT2D eigenvalue weighted by molar-refractivity contribution is 0.00578. The molecule has 15 rings (SSSR count). The van der Waals surface area contributed by atoms with Gasteiger partial charge in [-0.2, -0.15) is 16.8 Å². The molecule has 0 amide bonds. The summed E-state index contributed by atoms with van der Waals surface area (Å²) in [5.74, 6) is 3.12. The zero-order valence-electron chi connectivity index (χ0n) is 71.8. The van der Waals surface area contributed by atoms with Gasteiger partial charge in [0.1, 0.15) is 28.7 Å². The number of esters is 4. The van der Waals surface area contributed by atoms with Crippen molar-refractivity contribution in [1.82, 2.24) is 0 Å². The van der Waals surface area contributed by atoms with Crippen LogP contribution in [0.15, 0.2) is 146 Å². The number of carbonyl (C=O) groups excluding carboxylic acids is 4. The van der Waals surface area contributed by atoms with Crippen molar-refractivity contribution in [3.63, 3.8) is 0 Å². The Kier molecular flexibility index (Phi) is 27.8. The molecule has 1 heterocycles. The minimum absolute atomic E-state index is 0.0321. The zero-order chi connectivity index (χ0) is 84.8. The van der Waals surface area contributed by atoms with Crippen LogP contribution in [0.1, 0.15) is 286 Å². The average molecular weight is 1640 g/mol. The van der Waals surface area contributed by atoms with Crippen LogP contribution < -0.4 is 28.0 Å². The molecule has 117 heavy (non-hydrogen) atoms. The molecule has 630 valence electrons. The Morgan fingerprint density at radius 2 is 0.632 bits per heavy atom. The van der Waals surface area contributed by atoms with Gasteiger partial charge in [0.05, 0.1) is 92.7 Å². The van der Waals surface area contributed by atoms with Crippen molar-refractivity contribution in [3.8, 4) is 51.0 Å². The molecule has 8 fully saturated rings. The van der Waals surface area contributed by atoms with Gasteiger partial charge in [0, 0.05) is 11.1 Å². The van der Waals surface area contributed by atoms with E-state index in [4.69, 9.17) is 50.8 Å². The molecule has 19 nitrogen and oxygen atoms in total. The molecule has 7 aromatic carbocycles. The van der Waals surface area contributed by atoms with E-state index in [0.29, 0.717) is 63.9 Å². The van der Waals surface area contributed by atoms with Crippen LogP contribution in [-0.2, 0) is 48.5 Å². The Balaban J connectivity index is 0.000000144. The predicted molar refractivity (Wildman–Crippen MR) is 458 cm³/mol. The summed E-state index contributed by atoms with van der Waals surface area (Å²) < 4.78 is 106. The van der Waals surface area contributed by atoms with Gasteiger partial charge >= 0.3 is 51.2 Å². The standard InChI is InChI=1S/2C24H28O3.2C16H22O5S.C15H21BO3/c2*1-24(2)13-5-8-22(24)21-15-17(23(25)26-3)9-12-20(21)16-6-4-7-19(14-16)27-18-10-11-18;2*1-16(2)9-5-6-13(16)12-10-11(15(17)20-3)7-8-14(12)21-22(4,18)19;1-14(2)15(3,4)19-16(18-14)11-6-5-7-13(10-11)17-12-8-9-12/h2*4,6-7,9,12,14-15,18,22H,5,8,10-11,13H2,1-3H3;2*7-8,10,13H,5-6,9H2,1-4H3;5-7,10,12H,8-9H2,1-4H3/t2*22-;2*13-;/m1010./s1. The molecule has 0 aromatic heterocycles. The molecule has 0 bridgehead atoms. The molecular formula is C95H121BO19S2. The first-order chi connectivity index (χ1) is 55.1. The molecule has 4 atom stereocenters. The van der Waals surface area contributed by atoms with Gasteiger partial charge in [0.15, 0.2) is 0 Å². The van der Waals surface area contributed by atoms with Gasteiger partial charge < -0.3 is 50.8 Å². The molecule has 22 heteroatoms. The number of hydrogen-bond donors (Lipinski definition) is 0. The van der Waals surface area contributed by atoms with E-state index in [-0.39, 0.29) is 63.8 Å². The van der Waals surface area contributed by atoms with Crippen LogP contribution >= 0.6 is 0 Å². The first-order valence-electron chi connectivity index (χ1n) is 41.5. The Labute approximate surface area is 695 Å². The lowest BCUT2D eigenvalue weighted by Crippen LogP contribution is -2.41. The lowest BCUT2D eigenvalue weighted by Gasteiger charge is -2.32. The van der Waals surface area contributed by atoms with Crippen molar-refractivity contribution in [1.29, 1.82) is 0 Å². The Morgan fingerprint density at radius 3 is 0.915 bits per heavy atom. The summed E-state index contributed by atoms with van der Waals surface area (Å²) in [6, 6.07) is 46.3. The van der Waals surface area contributed by atoms with Gasteiger partial charge in [0.25, 0.3) is 0 Å². The number of rotatable bonds is 21. The Hall–Kier alpha value is -8.70. The van der Waals surface area contributed by atoms with Crippen LogP contribution in [-0.4, -0.2) is 118 Å². The highest BCUT2D eigenvalue weighted by atomic mass is 32.2. The van der Waals surface area contributed by atoms with E-state index < -0.39 is 32.2 Å². The third kappa shape index (κ3) is 23.0. The Morgan fingerprint density at radius 1 is 0.350 bits per heavy atom. The van der Waals surface area contributed by atoms with E-state index in [0.717, 1.165) is 135 Å². The van der Waals surface area contributed by atoms with E-state index >= 15 is 0 Å². The van der Waals surface area contributed by atoms with Gasteiger partial charge in [-0.25, -0.2) is 19.2 Å². The second-order valence-corrected chi connectivity index (χ2v) is 39.7. The molecule has 1 aliphatic heterocycles. The molecule has 7 aliphatic carbocycles. The van der Waals surface area contributed by atoms with Crippen LogP contribution in [0.2, 0.25) is 0 Å². The summed E-state index contributed by atoms with van der Waals surface area (Å²) in [5.41, 5.74) is 11.7. The normalized spacial score (nSPS) is 21.5. The van der Waals surface area contributed by atoms with Crippen molar-refractivity contribution in [2.75, 3.05) is 41.0 Å². The van der Waals surface area contributed by atoms with E-state index in [2.05, 4.69) is 132 Å². The van der Waals surface area contributed by atoms with Gasteiger partial charge in [-0.15, -0.1) is 0 Å². The minimum atomic E-state index is -3.62. The summed E-state index contributed by atoms with van der Waals surface area (Å²) in [4.78, 5) is 47.8. The van der Waals surface area contributed by atoms with Gasteiger partial charge in [-0.05, 0) is 299 Å². The van der Waals surface area contributed by atoms with E-state index in [1.54, 1.807) is 12.1 Å². The van der Waals surface area contributed by atoms with Crippen molar-refractivity contribution in [2.45, 2.75) is 252 Å². The van der Waals surface area contributed by atoms with Crippen LogP contribution in [0.3, 0.4) is 0 Å². The maximum absolute atomic E-state index is 12.1. The van der Waals surface area contributed by atoms with Gasteiger partial charge in [-0.1, -0.05) is 130 Å². The molecule has 1 saturated heterocycles. The molecule has 8 aliphatic rings. The number of ether oxygens (including phenoxy) is 7. The van der Waals surface area contributed by atoms with E-state index in [1.807, 2.05) is 60.7 Å². The highest BCUT2D eigenvalue weighted by Gasteiger charge is 2.52. The summed E-state index contributed by atoms with van der Waals surface area (Å²) in [6.45, 7) is 26.2. The molecule has 0 spiro atoms. The SMILES string of the molecule is CC1(C)OB(c2cccc(OC3CC3)c2)OC1(C)C.COC(=O)c1ccc(-c2cccc(OC3CC3)c2)c([C@@H]2CCCC2(C)C)c1.COC(=O)c1ccc(-c2cccc(OC3CC3)c2)c([C@H]2CCCC2(C)C)c1.COC(=O)c1ccc(OS(C)(=O)=O)c([C@@H]2CCCC2(C)C)c1.COC(=O)c1ccc(OS(C)(=O)=O)c([C@H]2CCCC2(C)C)c1. The molecule has 7 saturated carbocycles. The van der Waals surface area contributed by atoms with Crippen LogP contribution in [0.4, 0.5) is 0 Å². The first kappa shape index (κ1) is 89.1. The monoisotopic (exact) mass is 1640 g/mol.